The van der Waals surface area contributed by atoms with Gasteiger partial charge in [-0.3, -0.25) is 14.6 Å². The maximum atomic E-state index is 12.6. The van der Waals surface area contributed by atoms with E-state index in [1.165, 1.54) is 0 Å². The number of rotatable bonds is 5. The molecule has 0 aliphatic carbocycles. The molecule has 0 aliphatic heterocycles. The summed E-state index contributed by atoms with van der Waals surface area (Å²) in [5.41, 5.74) is 2.72. The summed E-state index contributed by atoms with van der Waals surface area (Å²) < 4.78 is 0. The lowest BCUT2D eigenvalue weighted by molar-refractivity contribution is -0.122. The quantitative estimate of drug-likeness (QED) is 0.680. The van der Waals surface area contributed by atoms with Gasteiger partial charge in [-0.15, -0.1) is 0 Å². The molecule has 5 heteroatoms. The van der Waals surface area contributed by atoms with Gasteiger partial charge < -0.3 is 5.32 Å². The fourth-order valence-electron chi connectivity index (χ4n) is 2.36. The number of hydrogen-bond acceptors (Lipinski definition) is 4. The van der Waals surface area contributed by atoms with Crippen LogP contribution in [0.15, 0.2) is 24.3 Å². The molecule has 1 aromatic heterocycles. The Morgan fingerprint density at radius 3 is 2.70 bits per heavy atom. The van der Waals surface area contributed by atoms with Gasteiger partial charge in [0.05, 0.1) is 11.6 Å². The Labute approximate surface area is 135 Å². The zero-order valence-corrected chi connectivity index (χ0v) is 13.5. The fourth-order valence-corrected chi connectivity index (χ4v) is 2.36. The van der Waals surface area contributed by atoms with Gasteiger partial charge in [0, 0.05) is 23.2 Å². The highest BCUT2D eigenvalue weighted by Gasteiger charge is 2.28. The highest BCUT2D eigenvalue weighted by molar-refractivity contribution is 6.13. The van der Waals surface area contributed by atoms with Crippen LogP contribution in [0.1, 0.15) is 35.0 Å². The second-order valence-electron chi connectivity index (χ2n) is 5.53. The molecule has 2 rings (SSSR count). The van der Waals surface area contributed by atoms with Crippen LogP contribution in [0.4, 0.5) is 0 Å². The van der Waals surface area contributed by atoms with Gasteiger partial charge in [-0.05, 0) is 38.0 Å². The van der Waals surface area contributed by atoms with Crippen molar-refractivity contribution < 1.29 is 9.59 Å². The first-order valence-corrected chi connectivity index (χ1v) is 7.57. The van der Waals surface area contributed by atoms with Gasteiger partial charge in [0.2, 0.25) is 5.91 Å². The van der Waals surface area contributed by atoms with Crippen molar-refractivity contribution in [2.75, 3.05) is 6.54 Å². The van der Waals surface area contributed by atoms with Crippen LogP contribution in [-0.2, 0) is 4.79 Å². The molecule has 0 aliphatic rings. The minimum absolute atomic E-state index is 0.319. The van der Waals surface area contributed by atoms with Crippen LogP contribution in [0.25, 0.3) is 10.9 Å². The van der Waals surface area contributed by atoms with Gasteiger partial charge in [-0.1, -0.05) is 19.1 Å². The van der Waals surface area contributed by atoms with E-state index >= 15 is 0 Å². The highest BCUT2D eigenvalue weighted by Crippen LogP contribution is 2.20. The van der Waals surface area contributed by atoms with E-state index in [4.69, 9.17) is 0 Å². The smallest absolute Gasteiger partial charge is 0.245 e. The van der Waals surface area contributed by atoms with E-state index in [1.54, 1.807) is 19.1 Å². The van der Waals surface area contributed by atoms with Crippen molar-refractivity contribution in [2.45, 2.75) is 27.2 Å². The SMILES string of the molecule is CCCNC(=O)[C@H](C#N)C(=O)c1cc2ccc(C)cc2nc1C. The normalized spacial score (nSPS) is 11.7. The minimum atomic E-state index is -1.34. The molecule has 1 aromatic carbocycles. The Kier molecular flexibility index (Phi) is 5.07. The molecular weight excluding hydrogens is 290 g/mol. The first-order valence-electron chi connectivity index (χ1n) is 7.57. The number of nitrogens with one attached hydrogen (secondary N) is 1. The van der Waals surface area contributed by atoms with Crippen molar-refractivity contribution in [1.82, 2.24) is 10.3 Å². The van der Waals surface area contributed by atoms with Crippen molar-refractivity contribution in [3.8, 4) is 6.07 Å². The third kappa shape index (κ3) is 3.54. The van der Waals surface area contributed by atoms with Gasteiger partial charge >= 0.3 is 0 Å². The molecule has 1 heterocycles. The average Bonchev–Trinajstić information content (AvgIpc) is 2.52. The van der Waals surface area contributed by atoms with Crippen LogP contribution in [0.5, 0.6) is 0 Å². The fraction of sp³-hybridized carbons (Fsp3) is 0.333. The maximum Gasteiger partial charge on any atom is 0.245 e. The zero-order valence-electron chi connectivity index (χ0n) is 13.5. The number of nitriles is 1. The average molecular weight is 309 g/mol. The first kappa shape index (κ1) is 16.6. The third-order valence-electron chi connectivity index (χ3n) is 3.63. The second kappa shape index (κ2) is 7.01. The van der Waals surface area contributed by atoms with Crippen molar-refractivity contribution in [1.29, 1.82) is 5.26 Å². The van der Waals surface area contributed by atoms with E-state index in [0.29, 0.717) is 17.8 Å². The molecule has 0 fully saturated rings. The third-order valence-corrected chi connectivity index (χ3v) is 3.63. The van der Waals surface area contributed by atoms with Crippen molar-refractivity contribution in [3.05, 3.63) is 41.1 Å². The van der Waals surface area contributed by atoms with Gasteiger partial charge in [0.25, 0.3) is 0 Å². The van der Waals surface area contributed by atoms with Crippen molar-refractivity contribution in [3.63, 3.8) is 0 Å². The number of pyridine rings is 1. The molecular formula is C18H19N3O2. The molecule has 2 aromatic rings. The Morgan fingerprint density at radius 1 is 1.30 bits per heavy atom. The summed E-state index contributed by atoms with van der Waals surface area (Å²) in [5.74, 6) is -2.40. The predicted octanol–water partition coefficient (Wildman–Crippen LogP) is 2.70. The molecule has 0 radical (unpaired) electrons. The number of ketones is 1. The molecule has 5 nitrogen and oxygen atoms in total. The number of aryl methyl sites for hydroxylation is 2. The largest absolute Gasteiger partial charge is 0.355 e. The van der Waals surface area contributed by atoms with E-state index in [-0.39, 0.29) is 0 Å². The molecule has 0 spiro atoms. The Hall–Kier alpha value is -2.74. The van der Waals surface area contributed by atoms with Crippen LogP contribution in [0.3, 0.4) is 0 Å². The number of benzene rings is 1. The summed E-state index contributed by atoms with van der Waals surface area (Å²) in [7, 11) is 0. The number of carbonyl (C=O) groups excluding carboxylic acids is 2. The number of carbonyl (C=O) groups is 2. The van der Waals surface area contributed by atoms with Crippen molar-refractivity contribution in [2.24, 2.45) is 5.92 Å². The Balaban J connectivity index is 2.40. The number of aromatic nitrogens is 1. The van der Waals surface area contributed by atoms with E-state index in [1.807, 2.05) is 32.0 Å². The summed E-state index contributed by atoms with van der Waals surface area (Å²) in [6.45, 7) is 6.04. The van der Waals surface area contributed by atoms with Gasteiger partial charge in [-0.25, -0.2) is 0 Å². The second-order valence-corrected chi connectivity index (χ2v) is 5.53. The number of amides is 1. The topological polar surface area (TPSA) is 82.9 Å². The number of hydrogen-bond donors (Lipinski definition) is 1. The lowest BCUT2D eigenvalue weighted by Gasteiger charge is -2.11. The summed E-state index contributed by atoms with van der Waals surface area (Å²) in [5, 5.41) is 12.6. The minimum Gasteiger partial charge on any atom is -0.355 e. The highest BCUT2D eigenvalue weighted by atomic mass is 16.2. The molecule has 23 heavy (non-hydrogen) atoms. The van der Waals surface area contributed by atoms with Crippen LogP contribution in [-0.4, -0.2) is 23.2 Å². The summed E-state index contributed by atoms with van der Waals surface area (Å²) in [6, 6.07) is 9.26. The number of fused-ring (bicyclic) bond motifs is 1. The Morgan fingerprint density at radius 2 is 2.04 bits per heavy atom. The van der Waals surface area contributed by atoms with Crippen LogP contribution in [0, 0.1) is 31.1 Å². The predicted molar refractivity (Wildman–Crippen MR) is 88.0 cm³/mol. The van der Waals surface area contributed by atoms with E-state index < -0.39 is 17.6 Å². The van der Waals surface area contributed by atoms with E-state index in [2.05, 4.69) is 10.3 Å². The number of Topliss-reactive ketones (excluding diaryl/α,β-unsaturated/α-hetero) is 1. The molecule has 1 amide bonds. The van der Waals surface area contributed by atoms with Crippen molar-refractivity contribution >= 4 is 22.6 Å². The van der Waals surface area contributed by atoms with Crippen LogP contribution >= 0.6 is 0 Å². The molecule has 118 valence electrons. The standard InChI is InChI=1S/C18H19N3O2/c1-4-7-20-18(23)15(10-19)17(22)14-9-13-6-5-11(2)8-16(13)21-12(14)3/h5-6,8-9,15H,4,7H2,1-3H3,(H,20,23)/t15-/m1/s1. The summed E-state index contributed by atoms with van der Waals surface area (Å²) in [6.07, 6.45) is 0.744. The maximum absolute atomic E-state index is 12.6. The van der Waals surface area contributed by atoms with Crippen LogP contribution < -0.4 is 5.32 Å². The molecule has 0 unspecified atom stereocenters. The van der Waals surface area contributed by atoms with Crippen LogP contribution in [0.2, 0.25) is 0 Å². The lowest BCUT2D eigenvalue weighted by Crippen LogP contribution is -2.35. The molecule has 0 saturated carbocycles. The number of nitrogens with zero attached hydrogens (tertiary/aromatic N) is 2. The monoisotopic (exact) mass is 309 g/mol. The van der Waals surface area contributed by atoms with Gasteiger partial charge in [0.15, 0.2) is 11.7 Å². The first-order chi connectivity index (χ1) is 11.0. The van der Waals surface area contributed by atoms with Gasteiger partial charge in [0.1, 0.15) is 0 Å². The van der Waals surface area contributed by atoms with Gasteiger partial charge in [-0.2, -0.15) is 5.26 Å². The van der Waals surface area contributed by atoms with E-state index in [0.717, 1.165) is 22.9 Å². The summed E-state index contributed by atoms with van der Waals surface area (Å²) >= 11 is 0. The molecule has 0 bridgehead atoms. The molecule has 1 atom stereocenters. The Bertz CT molecular complexity index is 806. The summed E-state index contributed by atoms with van der Waals surface area (Å²) in [4.78, 5) is 29.0. The zero-order chi connectivity index (χ0) is 17.0. The molecule has 1 N–H and O–H groups in total. The lowest BCUT2D eigenvalue weighted by atomic mass is 9.95. The van der Waals surface area contributed by atoms with E-state index in [9.17, 15) is 14.9 Å². The molecule has 0 saturated heterocycles.